The molecule has 0 rings (SSSR count). The summed E-state index contributed by atoms with van der Waals surface area (Å²) in [6, 6.07) is 0. The molecule has 4 heteroatoms. The van der Waals surface area contributed by atoms with E-state index < -0.39 is 5.97 Å². The van der Waals surface area contributed by atoms with Crippen molar-refractivity contribution in [3.8, 4) is 0 Å². The number of carboxylic acids is 1. The molecule has 0 heterocycles. The summed E-state index contributed by atoms with van der Waals surface area (Å²) in [4.78, 5) is 9.00. The molecule has 0 aliphatic rings. The van der Waals surface area contributed by atoms with Gasteiger partial charge in [0.1, 0.15) is 0 Å². The molecular weight excluding hydrogens is 213 g/mol. The number of hydrogen-bond acceptors (Lipinski definition) is 1. The van der Waals surface area contributed by atoms with Crippen LogP contribution in [0.5, 0.6) is 0 Å². The van der Waals surface area contributed by atoms with Gasteiger partial charge in [-0.25, -0.2) is 0 Å². The van der Waals surface area contributed by atoms with Gasteiger partial charge >= 0.3 is 30.0 Å². The van der Waals surface area contributed by atoms with Crippen LogP contribution in [0, 0.1) is 7.43 Å². The van der Waals surface area contributed by atoms with E-state index in [2.05, 4.69) is 13.6 Å². The summed E-state index contributed by atoms with van der Waals surface area (Å²) in [5, 5.41) is 7.42. The van der Waals surface area contributed by atoms with Crippen molar-refractivity contribution in [2.24, 2.45) is 0 Å². The molecule has 0 spiro atoms. The zero-order chi connectivity index (χ0) is 5.58. The van der Waals surface area contributed by atoms with Gasteiger partial charge in [0.05, 0.1) is 0 Å². The normalized spacial score (nSPS) is 4.57. The Kier molecular flexibility index (Phi) is 35.7. The van der Waals surface area contributed by atoms with Crippen LogP contribution in [0.2, 0.25) is 0 Å². The molecule has 0 fully saturated rings. The van der Waals surface area contributed by atoms with Gasteiger partial charge in [-0.15, -0.1) is 0 Å². The van der Waals surface area contributed by atoms with Crippen LogP contribution in [0.15, 0.2) is 0 Å². The van der Waals surface area contributed by atoms with Gasteiger partial charge in [0.15, 0.2) is 0 Å². The average molecular weight is 220 g/mol. The van der Waals surface area contributed by atoms with Crippen LogP contribution in [0.4, 0.5) is 0 Å². The van der Waals surface area contributed by atoms with Crippen LogP contribution in [-0.2, 0) is 21.1 Å². The average Bonchev–Trinajstić information content (AvgIpc) is 1.41. The van der Waals surface area contributed by atoms with Crippen molar-refractivity contribution in [3.63, 3.8) is 0 Å². The van der Waals surface area contributed by atoms with Crippen LogP contribution in [0.3, 0.4) is 0 Å². The second-order valence-electron chi connectivity index (χ2n) is 0.519. The van der Waals surface area contributed by atoms with Crippen molar-refractivity contribution in [2.75, 3.05) is 0 Å². The Bertz CT molecular complexity index is 35.9. The van der Waals surface area contributed by atoms with Crippen LogP contribution >= 0.6 is 13.6 Å². The van der Waals surface area contributed by atoms with Gasteiger partial charge in [0.2, 0.25) is 0 Å². The van der Waals surface area contributed by atoms with Gasteiger partial charge in [0.25, 0.3) is 5.97 Å². The van der Waals surface area contributed by atoms with Gasteiger partial charge in [-0.1, -0.05) is 0 Å². The van der Waals surface area contributed by atoms with Crippen molar-refractivity contribution >= 4 is 19.6 Å². The minimum absolute atomic E-state index is 0. The molecule has 0 saturated heterocycles. The molecule has 0 radical (unpaired) electrons. The Labute approximate surface area is 60.3 Å². The molecule has 0 aliphatic heterocycles. The molecule has 2 nitrogen and oxygen atoms in total. The van der Waals surface area contributed by atoms with Gasteiger partial charge in [0, 0.05) is 6.92 Å². The second kappa shape index (κ2) is 16.0. The number of rotatable bonds is 0. The fourth-order valence-electron chi connectivity index (χ4n) is 0. The Balaban J connectivity index is -0.0000000480. The topological polar surface area (TPSA) is 37.3 Å². The molecule has 40 valence electrons. The minimum atomic E-state index is -0.833. The molecule has 7 heavy (non-hydrogen) atoms. The first-order chi connectivity index (χ1) is 2.73. The van der Waals surface area contributed by atoms with Gasteiger partial charge < -0.3 is 12.5 Å². The summed E-state index contributed by atoms with van der Waals surface area (Å²) in [6.07, 6.45) is 0. The first-order valence-electron chi connectivity index (χ1n) is 1.19. The molecule has 0 amide bonds. The zero-order valence-electron chi connectivity index (χ0n) is 4.44. The van der Waals surface area contributed by atoms with E-state index in [4.69, 9.17) is 9.90 Å². The number of hydrogen-bond donors (Lipinski definition) is 1. The van der Waals surface area contributed by atoms with Crippen molar-refractivity contribution in [3.05, 3.63) is 7.43 Å². The molecule has 0 aromatic rings. The van der Waals surface area contributed by atoms with E-state index in [1.807, 2.05) is 0 Å². The van der Waals surface area contributed by atoms with Crippen molar-refractivity contribution in [2.45, 2.75) is 6.92 Å². The summed E-state index contributed by atoms with van der Waals surface area (Å²) in [7, 11) is 0. The van der Waals surface area contributed by atoms with Crippen molar-refractivity contribution < 1.29 is 26.2 Å². The monoisotopic (exact) mass is 218 g/mol. The Hall–Kier alpha value is 0.573. The summed E-state index contributed by atoms with van der Waals surface area (Å²) < 4.78 is 0. The summed E-state index contributed by atoms with van der Waals surface area (Å²) in [5.74, 6) is -0.833. The summed E-state index contributed by atoms with van der Waals surface area (Å²) in [5.41, 5.74) is 0. The third-order valence-electron chi connectivity index (χ3n) is 0. The molecule has 0 atom stereocenters. The van der Waals surface area contributed by atoms with Crippen molar-refractivity contribution in [1.82, 2.24) is 0 Å². The number of aliphatic carboxylic acids is 1. The molecular formula is C3H7BrO2Zn. The predicted octanol–water partition coefficient (Wildman–Crippen LogP) is 1.38. The standard InChI is InChI=1S/C2H4O2.CH3.BrH.Zn/c1-2(3)4;;;/h1H3,(H,3,4);1H3;1H;/q;-1;;+2/p-1. The maximum atomic E-state index is 9.00. The SMILES string of the molecule is CC(=O)O.[CH3-].[Zn+][Br]. The van der Waals surface area contributed by atoms with E-state index >= 15 is 0 Å². The first kappa shape index (κ1) is 15.6. The fourth-order valence-corrected chi connectivity index (χ4v) is 0. The van der Waals surface area contributed by atoms with E-state index in [0.717, 1.165) is 6.92 Å². The van der Waals surface area contributed by atoms with E-state index in [1.165, 1.54) is 16.3 Å². The van der Waals surface area contributed by atoms with Crippen molar-refractivity contribution in [1.29, 1.82) is 0 Å². The van der Waals surface area contributed by atoms with Gasteiger partial charge in [-0.05, 0) is 0 Å². The quantitative estimate of drug-likeness (QED) is 0.495. The van der Waals surface area contributed by atoms with Crippen LogP contribution in [0.25, 0.3) is 0 Å². The molecule has 0 aromatic carbocycles. The molecule has 1 N–H and O–H groups in total. The molecule has 0 bridgehead atoms. The maximum absolute atomic E-state index is 9.00. The molecule has 0 saturated carbocycles. The fraction of sp³-hybridized carbons (Fsp3) is 0.333. The van der Waals surface area contributed by atoms with E-state index in [-0.39, 0.29) is 7.43 Å². The Morgan fingerprint density at radius 2 is 1.71 bits per heavy atom. The molecule has 0 aromatic heterocycles. The summed E-state index contributed by atoms with van der Waals surface area (Å²) in [6.45, 7) is 1.08. The third kappa shape index (κ3) is 418. The zero-order valence-corrected chi connectivity index (χ0v) is 8.99. The van der Waals surface area contributed by atoms with Crippen LogP contribution < -0.4 is 0 Å². The number of halogens is 1. The third-order valence-corrected chi connectivity index (χ3v) is 0. The molecule has 0 aliphatic carbocycles. The molecule has 0 unspecified atom stereocenters. The van der Waals surface area contributed by atoms with Gasteiger partial charge in [-0.3, -0.25) is 4.79 Å². The Morgan fingerprint density at radius 1 is 1.71 bits per heavy atom. The van der Waals surface area contributed by atoms with Crippen LogP contribution in [0.1, 0.15) is 6.92 Å². The van der Waals surface area contributed by atoms with E-state index in [0.29, 0.717) is 0 Å². The number of carbonyl (C=O) groups is 1. The van der Waals surface area contributed by atoms with E-state index in [1.54, 1.807) is 0 Å². The second-order valence-corrected chi connectivity index (χ2v) is 0.519. The van der Waals surface area contributed by atoms with E-state index in [9.17, 15) is 0 Å². The first-order valence-corrected chi connectivity index (χ1v) is 8.14. The Morgan fingerprint density at radius 3 is 1.71 bits per heavy atom. The predicted molar refractivity (Wildman–Crippen MR) is 28.7 cm³/mol. The number of carboxylic acid groups (broad SMARTS) is 1. The van der Waals surface area contributed by atoms with Crippen LogP contribution in [-0.4, -0.2) is 11.1 Å². The van der Waals surface area contributed by atoms with Gasteiger partial charge in [-0.2, -0.15) is 0 Å². The summed E-state index contributed by atoms with van der Waals surface area (Å²) >= 11 is 4.25.